The summed E-state index contributed by atoms with van der Waals surface area (Å²) in [4.78, 5) is 18.0. The fourth-order valence-electron chi connectivity index (χ4n) is 3.26. The average Bonchev–Trinajstić information content (AvgIpc) is 3.11. The molecule has 0 atom stereocenters. The number of hydrogen-bond donors (Lipinski definition) is 1. The Balaban J connectivity index is 1.68. The predicted molar refractivity (Wildman–Crippen MR) is 75.8 cm³/mol. The van der Waals surface area contributed by atoms with Gasteiger partial charge in [-0.15, -0.1) is 0 Å². The van der Waals surface area contributed by atoms with Gasteiger partial charge in [0.1, 0.15) is 5.54 Å². The zero-order valence-corrected chi connectivity index (χ0v) is 11.5. The van der Waals surface area contributed by atoms with Crippen molar-refractivity contribution < 1.29 is 9.90 Å². The van der Waals surface area contributed by atoms with Gasteiger partial charge in [0.05, 0.1) is 0 Å². The van der Waals surface area contributed by atoms with Gasteiger partial charge >= 0.3 is 5.97 Å². The summed E-state index contributed by atoms with van der Waals surface area (Å²) in [5.41, 5.74) is 0.240. The van der Waals surface area contributed by atoms with Gasteiger partial charge in [0.25, 0.3) is 0 Å². The molecule has 102 valence electrons. The van der Waals surface area contributed by atoms with E-state index in [4.69, 9.17) is 0 Å². The lowest BCUT2D eigenvalue weighted by atomic mass is 9.73. The first-order chi connectivity index (χ1) is 9.69. The summed E-state index contributed by atoms with van der Waals surface area (Å²) in [5.74, 6) is 0.438. The highest BCUT2D eigenvalue weighted by Gasteiger charge is 2.62. The van der Waals surface area contributed by atoms with E-state index in [-0.39, 0.29) is 0 Å². The molecule has 20 heavy (non-hydrogen) atoms. The summed E-state index contributed by atoms with van der Waals surface area (Å²) in [6.45, 7) is 0.787. The smallest absolute Gasteiger partial charge is 0.329 e. The normalized spacial score (nSPS) is 27.4. The number of aliphatic carboxylic acids is 1. The van der Waals surface area contributed by atoms with Gasteiger partial charge in [-0.2, -0.15) is 9.36 Å². The predicted octanol–water partition coefficient (Wildman–Crippen LogP) is 2.26. The lowest BCUT2D eigenvalue weighted by molar-refractivity contribution is -0.145. The summed E-state index contributed by atoms with van der Waals surface area (Å²) in [7, 11) is 0. The Morgan fingerprint density at radius 1 is 1.35 bits per heavy atom. The topological polar surface area (TPSA) is 66.3 Å². The van der Waals surface area contributed by atoms with Crippen molar-refractivity contribution in [3.8, 4) is 11.4 Å². The summed E-state index contributed by atoms with van der Waals surface area (Å²) in [6, 6.07) is 9.76. The Bertz CT molecular complexity index is 664. The molecular weight excluding hydrogens is 274 g/mol. The second-order valence-electron chi connectivity index (χ2n) is 5.49. The van der Waals surface area contributed by atoms with Crippen LogP contribution in [0.3, 0.4) is 0 Å². The molecule has 3 fully saturated rings. The molecule has 2 aromatic rings. The quantitative estimate of drug-likeness (QED) is 0.938. The molecule has 0 unspecified atom stereocenters. The molecule has 2 bridgehead atoms. The van der Waals surface area contributed by atoms with Gasteiger partial charge < -0.3 is 10.0 Å². The molecule has 0 spiro atoms. The minimum absolute atomic E-state index is 0.496. The lowest BCUT2D eigenvalue weighted by Gasteiger charge is -2.37. The Morgan fingerprint density at radius 3 is 2.80 bits per heavy atom. The maximum absolute atomic E-state index is 11.5. The standard InChI is InChI=1S/C14H13N3O2S/c18-12(19)14-6-9(7-14)8-17(14)13-15-11(16-20-13)10-4-2-1-3-5-10/h1-5,9H,6-8H2,(H,18,19). The van der Waals surface area contributed by atoms with Crippen molar-refractivity contribution >= 4 is 22.6 Å². The fourth-order valence-corrected chi connectivity index (χ4v) is 4.05. The van der Waals surface area contributed by atoms with Gasteiger partial charge in [0.15, 0.2) is 5.82 Å². The molecule has 1 N–H and O–H groups in total. The number of carbonyl (C=O) groups is 1. The van der Waals surface area contributed by atoms with Crippen molar-refractivity contribution in [2.24, 2.45) is 5.92 Å². The van der Waals surface area contributed by atoms with Crippen LogP contribution in [0.1, 0.15) is 12.8 Å². The first-order valence-electron chi connectivity index (χ1n) is 6.59. The second kappa shape index (κ2) is 4.02. The molecule has 1 aliphatic carbocycles. The molecule has 3 aliphatic rings. The number of benzene rings is 1. The van der Waals surface area contributed by atoms with Crippen LogP contribution >= 0.6 is 11.5 Å². The molecule has 2 aliphatic heterocycles. The monoisotopic (exact) mass is 287 g/mol. The Hall–Kier alpha value is -1.95. The SMILES string of the molecule is O=C(O)C12CC(CN1c1nc(-c3ccccc3)ns1)C2. The van der Waals surface area contributed by atoms with Crippen LogP contribution in [0.25, 0.3) is 11.4 Å². The van der Waals surface area contributed by atoms with Crippen molar-refractivity contribution in [1.29, 1.82) is 0 Å². The maximum Gasteiger partial charge on any atom is 0.329 e. The number of nitrogens with zero attached hydrogens (tertiary/aromatic N) is 3. The van der Waals surface area contributed by atoms with Gasteiger partial charge in [-0.1, -0.05) is 30.3 Å². The highest BCUT2D eigenvalue weighted by atomic mass is 32.1. The van der Waals surface area contributed by atoms with Crippen molar-refractivity contribution in [2.45, 2.75) is 18.4 Å². The molecule has 1 saturated carbocycles. The highest BCUT2D eigenvalue weighted by Crippen LogP contribution is 2.52. The van der Waals surface area contributed by atoms with Crippen molar-refractivity contribution in [3.63, 3.8) is 0 Å². The van der Waals surface area contributed by atoms with E-state index in [0.29, 0.717) is 11.7 Å². The summed E-state index contributed by atoms with van der Waals surface area (Å²) < 4.78 is 4.37. The van der Waals surface area contributed by atoms with Gasteiger partial charge in [0, 0.05) is 23.6 Å². The van der Waals surface area contributed by atoms with E-state index >= 15 is 0 Å². The fraction of sp³-hybridized carbons (Fsp3) is 0.357. The third-order valence-corrected chi connectivity index (χ3v) is 5.03. The van der Waals surface area contributed by atoms with E-state index in [9.17, 15) is 9.90 Å². The van der Waals surface area contributed by atoms with E-state index in [0.717, 1.165) is 30.1 Å². The largest absolute Gasteiger partial charge is 0.479 e. The van der Waals surface area contributed by atoms with Crippen LogP contribution in [-0.2, 0) is 4.79 Å². The molecule has 1 aromatic carbocycles. The third-order valence-electron chi connectivity index (χ3n) is 4.29. The maximum atomic E-state index is 11.5. The molecular formula is C14H13N3O2S. The van der Waals surface area contributed by atoms with Gasteiger partial charge in [0.2, 0.25) is 5.13 Å². The van der Waals surface area contributed by atoms with Gasteiger partial charge in [-0.25, -0.2) is 4.79 Å². The number of carboxylic acids is 1. The van der Waals surface area contributed by atoms with E-state index in [1.54, 1.807) is 0 Å². The Kier molecular flexibility index (Phi) is 2.38. The highest BCUT2D eigenvalue weighted by molar-refractivity contribution is 7.10. The molecule has 3 heterocycles. The second-order valence-corrected chi connectivity index (χ2v) is 6.22. The first-order valence-corrected chi connectivity index (χ1v) is 7.36. The van der Waals surface area contributed by atoms with Crippen molar-refractivity contribution in [3.05, 3.63) is 30.3 Å². The van der Waals surface area contributed by atoms with E-state index in [2.05, 4.69) is 9.36 Å². The molecule has 0 radical (unpaired) electrons. The van der Waals surface area contributed by atoms with Gasteiger partial charge in [-0.3, -0.25) is 0 Å². The number of fused-ring (bicyclic) bond motifs is 1. The van der Waals surface area contributed by atoms with E-state index < -0.39 is 11.5 Å². The van der Waals surface area contributed by atoms with Crippen LogP contribution in [0.5, 0.6) is 0 Å². The van der Waals surface area contributed by atoms with Gasteiger partial charge in [-0.05, 0) is 18.8 Å². The number of rotatable bonds is 3. The van der Waals surface area contributed by atoms with Crippen LogP contribution in [0.2, 0.25) is 0 Å². The number of hydrogen-bond acceptors (Lipinski definition) is 5. The molecule has 5 rings (SSSR count). The molecule has 0 amide bonds. The Morgan fingerprint density at radius 2 is 2.10 bits per heavy atom. The summed E-state index contributed by atoms with van der Waals surface area (Å²) in [5, 5.41) is 10.2. The lowest BCUT2D eigenvalue weighted by Crippen LogP contribution is -2.52. The molecule has 6 heteroatoms. The van der Waals surface area contributed by atoms with Crippen LogP contribution in [0.15, 0.2) is 30.3 Å². The first kappa shape index (κ1) is 11.8. The molecule has 5 nitrogen and oxygen atoms in total. The van der Waals surface area contributed by atoms with Crippen LogP contribution < -0.4 is 4.90 Å². The number of carboxylic acid groups (broad SMARTS) is 1. The number of anilines is 1. The van der Waals surface area contributed by atoms with Crippen LogP contribution in [-0.4, -0.2) is 32.5 Å². The van der Waals surface area contributed by atoms with Crippen molar-refractivity contribution in [2.75, 3.05) is 11.4 Å². The van der Waals surface area contributed by atoms with Crippen LogP contribution in [0.4, 0.5) is 5.13 Å². The van der Waals surface area contributed by atoms with E-state index in [1.165, 1.54) is 11.5 Å². The summed E-state index contributed by atoms with van der Waals surface area (Å²) in [6.07, 6.45) is 1.48. The third kappa shape index (κ3) is 1.51. The zero-order valence-electron chi connectivity index (χ0n) is 10.7. The van der Waals surface area contributed by atoms with Crippen molar-refractivity contribution in [1.82, 2.24) is 9.36 Å². The van der Waals surface area contributed by atoms with Crippen LogP contribution in [0, 0.1) is 5.92 Å². The average molecular weight is 287 g/mol. The molecule has 1 aromatic heterocycles. The zero-order chi connectivity index (χ0) is 13.7. The van der Waals surface area contributed by atoms with E-state index in [1.807, 2.05) is 35.2 Å². The molecule has 2 saturated heterocycles. The Labute approximate surface area is 120 Å². The minimum atomic E-state index is -0.734. The minimum Gasteiger partial charge on any atom is -0.479 e. The number of aromatic nitrogens is 2. The summed E-state index contributed by atoms with van der Waals surface area (Å²) >= 11 is 1.29.